The Morgan fingerprint density at radius 1 is 1.17 bits per heavy atom. The number of rotatable bonds is 4. The molecule has 2 aromatic heterocycles. The Balaban J connectivity index is 1.59. The maximum Gasteiger partial charge on any atom is 0.338 e. The highest BCUT2D eigenvalue weighted by atomic mass is 32.1. The minimum absolute atomic E-state index is 0.182. The number of hydrogen-bond acceptors (Lipinski definition) is 4. The molecule has 0 aliphatic carbocycles. The summed E-state index contributed by atoms with van der Waals surface area (Å²) < 4.78 is 1.59. The van der Waals surface area contributed by atoms with Gasteiger partial charge in [-0.3, -0.25) is 4.68 Å². The zero-order valence-corrected chi connectivity index (χ0v) is 13.4. The quantitative estimate of drug-likeness (QED) is 0.614. The van der Waals surface area contributed by atoms with Crippen molar-refractivity contribution in [3.05, 3.63) is 70.8 Å². The minimum Gasteiger partial charge on any atom is -0.478 e. The van der Waals surface area contributed by atoms with E-state index >= 15 is 0 Å². The first kappa shape index (κ1) is 14.6. The Bertz CT molecular complexity index is 1040. The number of nitrogens with zero attached hydrogens (tertiary/aromatic N) is 3. The maximum absolute atomic E-state index is 10.9. The lowest BCUT2D eigenvalue weighted by Gasteiger charge is -2.01. The number of carbonyl (C=O) groups is 1. The number of thiazole rings is 1. The number of fused-ring (bicyclic) bond motifs is 1. The number of aromatic nitrogens is 3. The van der Waals surface area contributed by atoms with Gasteiger partial charge in [-0.1, -0.05) is 36.4 Å². The van der Waals surface area contributed by atoms with Gasteiger partial charge in [0.05, 0.1) is 24.0 Å². The molecule has 0 amide bonds. The van der Waals surface area contributed by atoms with Crippen LogP contribution in [0.3, 0.4) is 0 Å². The second kappa shape index (κ2) is 5.90. The second-order valence-corrected chi connectivity index (χ2v) is 6.36. The minimum atomic E-state index is -0.975. The van der Waals surface area contributed by atoms with E-state index in [1.165, 1.54) is 23.2 Å². The van der Waals surface area contributed by atoms with Gasteiger partial charge < -0.3 is 5.11 Å². The van der Waals surface area contributed by atoms with E-state index < -0.39 is 5.97 Å². The smallest absolute Gasteiger partial charge is 0.338 e. The van der Waals surface area contributed by atoms with E-state index in [9.17, 15) is 4.79 Å². The lowest BCUT2D eigenvalue weighted by Crippen LogP contribution is -2.00. The molecule has 0 spiro atoms. The van der Waals surface area contributed by atoms with E-state index in [1.54, 1.807) is 16.0 Å². The summed E-state index contributed by atoms with van der Waals surface area (Å²) >= 11 is 1.54. The lowest BCUT2D eigenvalue weighted by molar-refractivity contribution is 0.0697. The van der Waals surface area contributed by atoms with E-state index in [2.05, 4.69) is 40.4 Å². The molecule has 0 radical (unpaired) electrons. The van der Waals surface area contributed by atoms with Crippen LogP contribution >= 0.6 is 11.3 Å². The van der Waals surface area contributed by atoms with Crippen LogP contribution in [-0.4, -0.2) is 25.8 Å². The van der Waals surface area contributed by atoms with Gasteiger partial charge >= 0.3 is 5.97 Å². The van der Waals surface area contributed by atoms with Gasteiger partial charge in [0.15, 0.2) is 0 Å². The molecule has 0 aliphatic rings. The fourth-order valence-electron chi connectivity index (χ4n) is 2.56. The summed E-state index contributed by atoms with van der Waals surface area (Å²) in [6.45, 7) is 0.464. The molecule has 4 aromatic rings. The largest absolute Gasteiger partial charge is 0.478 e. The van der Waals surface area contributed by atoms with Gasteiger partial charge in [-0.25, -0.2) is 9.78 Å². The van der Waals surface area contributed by atoms with Crippen LogP contribution in [-0.2, 0) is 6.54 Å². The van der Waals surface area contributed by atoms with Crippen LogP contribution in [0.1, 0.15) is 15.4 Å². The molecule has 2 aromatic carbocycles. The second-order valence-electron chi connectivity index (χ2n) is 5.42. The van der Waals surface area contributed by atoms with Crippen molar-refractivity contribution in [1.82, 2.24) is 14.8 Å². The molecule has 0 fully saturated rings. The van der Waals surface area contributed by atoms with Gasteiger partial charge in [0.1, 0.15) is 5.01 Å². The van der Waals surface area contributed by atoms with Gasteiger partial charge in [0.25, 0.3) is 0 Å². The average molecular weight is 335 g/mol. The number of carboxylic acids is 1. The first-order valence-corrected chi connectivity index (χ1v) is 8.26. The van der Waals surface area contributed by atoms with Crippen molar-refractivity contribution in [3.63, 3.8) is 0 Å². The zero-order valence-electron chi connectivity index (χ0n) is 12.6. The van der Waals surface area contributed by atoms with Gasteiger partial charge in [-0.2, -0.15) is 5.10 Å². The van der Waals surface area contributed by atoms with Crippen LogP contribution in [0, 0.1) is 0 Å². The predicted molar refractivity (Wildman–Crippen MR) is 93.3 cm³/mol. The number of hydrogen-bond donors (Lipinski definition) is 1. The molecule has 0 saturated heterocycles. The molecule has 0 unspecified atom stereocenters. The first-order valence-electron chi connectivity index (χ1n) is 7.38. The molecular formula is C18H13N3O2S. The van der Waals surface area contributed by atoms with Crippen LogP contribution in [0.15, 0.2) is 60.2 Å². The first-order chi connectivity index (χ1) is 11.7. The third-order valence-electron chi connectivity index (χ3n) is 3.77. The molecule has 2 heterocycles. The van der Waals surface area contributed by atoms with Crippen molar-refractivity contribution in [1.29, 1.82) is 0 Å². The highest BCUT2D eigenvalue weighted by Gasteiger charge is 2.09. The lowest BCUT2D eigenvalue weighted by atomic mass is 10.1. The summed E-state index contributed by atoms with van der Waals surface area (Å²) in [5, 5.41) is 18.3. The predicted octanol–water partition coefficient (Wildman–Crippen LogP) is 3.91. The zero-order chi connectivity index (χ0) is 16.5. The summed E-state index contributed by atoms with van der Waals surface area (Å²) in [6, 6.07) is 14.5. The molecule has 4 rings (SSSR count). The van der Waals surface area contributed by atoms with E-state index in [4.69, 9.17) is 5.11 Å². The molecule has 6 heteroatoms. The van der Waals surface area contributed by atoms with Gasteiger partial charge in [0, 0.05) is 17.1 Å². The molecule has 0 saturated carbocycles. The van der Waals surface area contributed by atoms with Gasteiger partial charge in [-0.15, -0.1) is 11.3 Å². The fourth-order valence-corrected chi connectivity index (χ4v) is 3.36. The van der Waals surface area contributed by atoms with Crippen molar-refractivity contribution in [2.75, 3.05) is 0 Å². The summed E-state index contributed by atoms with van der Waals surface area (Å²) in [6.07, 6.45) is 2.86. The Hall–Kier alpha value is -2.99. The molecule has 1 N–H and O–H groups in total. The summed E-state index contributed by atoms with van der Waals surface area (Å²) in [5.41, 5.74) is 2.18. The van der Waals surface area contributed by atoms with Crippen molar-refractivity contribution in [2.24, 2.45) is 0 Å². The average Bonchev–Trinajstić information content (AvgIpc) is 3.24. The monoisotopic (exact) mass is 335 g/mol. The highest BCUT2D eigenvalue weighted by molar-refractivity contribution is 7.09. The van der Waals surface area contributed by atoms with Crippen LogP contribution < -0.4 is 0 Å². The fraction of sp³-hybridized carbons (Fsp3) is 0.0556. The Morgan fingerprint density at radius 3 is 2.79 bits per heavy atom. The molecule has 0 aliphatic heterocycles. The molecule has 118 valence electrons. The number of aromatic carboxylic acids is 1. The summed E-state index contributed by atoms with van der Waals surface area (Å²) in [7, 11) is 0. The highest BCUT2D eigenvalue weighted by Crippen LogP contribution is 2.26. The van der Waals surface area contributed by atoms with Crippen molar-refractivity contribution >= 4 is 28.1 Å². The standard InChI is InChI=1S/C18H13N3O2S/c22-18(23)15-8-19-21(9-15)10-17-20-16(11-24-17)14-6-5-12-3-1-2-4-13(12)7-14/h1-9,11H,10H2,(H,22,23). The molecular weight excluding hydrogens is 322 g/mol. The topological polar surface area (TPSA) is 68.0 Å². The van der Waals surface area contributed by atoms with E-state index in [-0.39, 0.29) is 5.56 Å². The van der Waals surface area contributed by atoms with Crippen LogP contribution in [0.2, 0.25) is 0 Å². The molecule has 5 nitrogen and oxygen atoms in total. The van der Waals surface area contributed by atoms with Gasteiger partial charge in [-0.05, 0) is 16.8 Å². The Labute approximate surface area is 141 Å². The normalized spacial score (nSPS) is 11.0. The number of carboxylic acid groups (broad SMARTS) is 1. The Kier molecular flexibility index (Phi) is 3.59. The number of benzene rings is 2. The van der Waals surface area contributed by atoms with Crippen molar-refractivity contribution in [3.8, 4) is 11.3 Å². The molecule has 24 heavy (non-hydrogen) atoms. The van der Waals surface area contributed by atoms with Crippen LogP contribution in [0.4, 0.5) is 0 Å². The molecule has 0 atom stereocenters. The SMILES string of the molecule is O=C(O)c1cnn(Cc2nc(-c3ccc4ccccc4c3)cs2)c1. The maximum atomic E-state index is 10.9. The van der Waals surface area contributed by atoms with Crippen molar-refractivity contribution in [2.45, 2.75) is 6.54 Å². The van der Waals surface area contributed by atoms with Crippen LogP contribution in [0.5, 0.6) is 0 Å². The summed E-state index contributed by atoms with van der Waals surface area (Å²) in [5.74, 6) is -0.975. The molecule has 0 bridgehead atoms. The third-order valence-corrected chi connectivity index (χ3v) is 4.61. The van der Waals surface area contributed by atoms with E-state index in [0.29, 0.717) is 6.54 Å². The van der Waals surface area contributed by atoms with Crippen LogP contribution in [0.25, 0.3) is 22.0 Å². The van der Waals surface area contributed by atoms with E-state index in [0.717, 1.165) is 16.3 Å². The Morgan fingerprint density at radius 2 is 2.00 bits per heavy atom. The van der Waals surface area contributed by atoms with E-state index in [1.807, 2.05) is 17.5 Å². The van der Waals surface area contributed by atoms with Crippen molar-refractivity contribution < 1.29 is 9.90 Å². The third kappa shape index (κ3) is 2.79. The van der Waals surface area contributed by atoms with Gasteiger partial charge in [0.2, 0.25) is 0 Å². The summed E-state index contributed by atoms with van der Waals surface area (Å²) in [4.78, 5) is 15.5.